The maximum absolute atomic E-state index is 12.1. The summed E-state index contributed by atoms with van der Waals surface area (Å²) in [5.41, 5.74) is 0.903. The lowest BCUT2D eigenvalue weighted by molar-refractivity contribution is -0.127. The van der Waals surface area contributed by atoms with Gasteiger partial charge in [-0.05, 0) is 37.3 Å². The molecule has 1 heterocycles. The first-order chi connectivity index (χ1) is 10.9. The Balaban J connectivity index is 2.09. The van der Waals surface area contributed by atoms with E-state index in [1.54, 1.807) is 24.3 Å². The number of hydrogen-bond acceptors (Lipinski definition) is 5. The van der Waals surface area contributed by atoms with Crippen LogP contribution in [-0.2, 0) is 9.53 Å². The highest BCUT2D eigenvalue weighted by molar-refractivity contribution is 6.29. The number of esters is 1. The molecule has 0 aliphatic rings. The molecule has 1 unspecified atom stereocenters. The number of carbonyl (C=O) groups excluding carboxylic acids is 3. The van der Waals surface area contributed by atoms with Crippen LogP contribution in [0.1, 0.15) is 17.3 Å². The van der Waals surface area contributed by atoms with Crippen LogP contribution in [0.15, 0.2) is 30.3 Å². The lowest BCUT2D eigenvalue weighted by Gasteiger charge is -2.12. The molecule has 0 aliphatic heterocycles. The topological polar surface area (TPSA) is 97.4 Å². The van der Waals surface area contributed by atoms with Crippen molar-refractivity contribution in [2.75, 3.05) is 7.05 Å². The third kappa shape index (κ3) is 4.17. The normalized spacial score (nSPS) is 11.6. The Bertz CT molecular complexity index is 778. The molecule has 8 heteroatoms. The number of urea groups is 1. The van der Waals surface area contributed by atoms with Gasteiger partial charge in [-0.3, -0.25) is 10.1 Å². The second-order valence-corrected chi connectivity index (χ2v) is 5.04. The summed E-state index contributed by atoms with van der Waals surface area (Å²) in [6.45, 7) is 1.37. The molecule has 0 spiro atoms. The number of aromatic nitrogens is 1. The summed E-state index contributed by atoms with van der Waals surface area (Å²) in [4.78, 5) is 38.9. The van der Waals surface area contributed by atoms with Crippen LogP contribution >= 0.6 is 11.6 Å². The molecule has 0 bridgehead atoms. The SMILES string of the molecule is CNC(=O)NC(=O)C(C)OC(=O)c1ccc2nc(Cl)ccc2c1. The molecule has 120 valence electrons. The maximum Gasteiger partial charge on any atom is 0.338 e. The van der Waals surface area contributed by atoms with E-state index in [9.17, 15) is 14.4 Å². The monoisotopic (exact) mass is 335 g/mol. The summed E-state index contributed by atoms with van der Waals surface area (Å²) in [6, 6.07) is 7.41. The van der Waals surface area contributed by atoms with E-state index in [0.29, 0.717) is 16.1 Å². The summed E-state index contributed by atoms with van der Waals surface area (Å²) in [7, 11) is 1.37. The lowest BCUT2D eigenvalue weighted by Crippen LogP contribution is -2.43. The van der Waals surface area contributed by atoms with Gasteiger partial charge in [-0.1, -0.05) is 11.6 Å². The lowest BCUT2D eigenvalue weighted by atomic mass is 10.1. The summed E-state index contributed by atoms with van der Waals surface area (Å²) >= 11 is 5.80. The Morgan fingerprint density at radius 3 is 2.65 bits per heavy atom. The summed E-state index contributed by atoms with van der Waals surface area (Å²) < 4.78 is 5.04. The molecule has 23 heavy (non-hydrogen) atoms. The van der Waals surface area contributed by atoms with Crippen LogP contribution in [-0.4, -0.2) is 36.0 Å². The van der Waals surface area contributed by atoms with Gasteiger partial charge in [0.25, 0.3) is 5.91 Å². The zero-order chi connectivity index (χ0) is 17.0. The molecule has 0 saturated heterocycles. The number of imide groups is 1. The number of fused-ring (bicyclic) bond motifs is 1. The fraction of sp³-hybridized carbons (Fsp3) is 0.200. The molecule has 0 radical (unpaired) electrons. The Kier molecular flexibility index (Phi) is 5.13. The third-order valence-electron chi connectivity index (χ3n) is 3.01. The van der Waals surface area contributed by atoms with Crippen molar-refractivity contribution in [3.63, 3.8) is 0 Å². The van der Waals surface area contributed by atoms with E-state index in [1.807, 2.05) is 5.32 Å². The average molecular weight is 336 g/mol. The molecule has 1 atom stereocenters. The van der Waals surface area contributed by atoms with Crippen LogP contribution in [0.3, 0.4) is 0 Å². The average Bonchev–Trinajstić information content (AvgIpc) is 2.53. The minimum atomic E-state index is -1.11. The van der Waals surface area contributed by atoms with E-state index in [0.717, 1.165) is 0 Å². The van der Waals surface area contributed by atoms with E-state index in [4.69, 9.17) is 16.3 Å². The highest BCUT2D eigenvalue weighted by Gasteiger charge is 2.20. The fourth-order valence-corrected chi connectivity index (χ4v) is 1.94. The number of rotatable bonds is 3. The Hall–Kier alpha value is -2.67. The third-order valence-corrected chi connectivity index (χ3v) is 3.22. The van der Waals surface area contributed by atoms with Gasteiger partial charge in [-0.2, -0.15) is 0 Å². The molecule has 0 fully saturated rings. The van der Waals surface area contributed by atoms with Gasteiger partial charge in [0.2, 0.25) is 0 Å². The fourth-order valence-electron chi connectivity index (χ4n) is 1.79. The van der Waals surface area contributed by atoms with Crippen molar-refractivity contribution >= 4 is 40.4 Å². The Morgan fingerprint density at radius 2 is 1.96 bits per heavy atom. The van der Waals surface area contributed by atoms with Crippen LogP contribution < -0.4 is 10.6 Å². The van der Waals surface area contributed by atoms with E-state index >= 15 is 0 Å². The van der Waals surface area contributed by atoms with Crippen molar-refractivity contribution in [3.8, 4) is 0 Å². The van der Waals surface area contributed by atoms with E-state index in [2.05, 4.69) is 10.3 Å². The predicted octanol–water partition coefficient (Wildman–Crippen LogP) is 1.89. The van der Waals surface area contributed by atoms with E-state index in [1.165, 1.54) is 20.0 Å². The summed E-state index contributed by atoms with van der Waals surface area (Å²) in [5, 5.41) is 5.33. The highest BCUT2D eigenvalue weighted by atomic mass is 35.5. The molecule has 2 rings (SSSR count). The maximum atomic E-state index is 12.1. The Labute approximate surface area is 137 Å². The predicted molar refractivity (Wildman–Crippen MR) is 84.2 cm³/mol. The zero-order valence-electron chi connectivity index (χ0n) is 12.4. The van der Waals surface area contributed by atoms with Crippen LogP contribution in [0.5, 0.6) is 0 Å². The minimum absolute atomic E-state index is 0.265. The molecular formula is C15H14ClN3O4. The van der Waals surface area contributed by atoms with Crippen molar-refractivity contribution in [2.24, 2.45) is 0 Å². The largest absolute Gasteiger partial charge is 0.449 e. The van der Waals surface area contributed by atoms with Crippen molar-refractivity contribution in [1.29, 1.82) is 0 Å². The smallest absolute Gasteiger partial charge is 0.338 e. The molecular weight excluding hydrogens is 322 g/mol. The first-order valence-electron chi connectivity index (χ1n) is 6.70. The van der Waals surface area contributed by atoms with Crippen molar-refractivity contribution in [1.82, 2.24) is 15.6 Å². The molecule has 3 amide bonds. The number of hydrogen-bond donors (Lipinski definition) is 2. The van der Waals surface area contributed by atoms with Crippen LogP contribution in [0.25, 0.3) is 10.9 Å². The van der Waals surface area contributed by atoms with Crippen LogP contribution in [0.2, 0.25) is 5.15 Å². The molecule has 2 N–H and O–H groups in total. The summed E-state index contributed by atoms with van der Waals surface area (Å²) in [6.07, 6.45) is -1.11. The number of benzene rings is 1. The summed E-state index contributed by atoms with van der Waals surface area (Å²) in [5.74, 6) is -1.40. The van der Waals surface area contributed by atoms with Gasteiger partial charge in [-0.25, -0.2) is 14.6 Å². The first-order valence-corrected chi connectivity index (χ1v) is 7.08. The van der Waals surface area contributed by atoms with E-state index < -0.39 is 24.0 Å². The number of pyridine rings is 1. The van der Waals surface area contributed by atoms with Crippen LogP contribution in [0, 0.1) is 0 Å². The van der Waals surface area contributed by atoms with Crippen molar-refractivity contribution in [2.45, 2.75) is 13.0 Å². The number of carbonyl (C=O) groups is 3. The number of nitrogens with zero attached hydrogens (tertiary/aromatic N) is 1. The first kappa shape index (κ1) is 16.7. The van der Waals surface area contributed by atoms with Crippen LogP contribution in [0.4, 0.5) is 4.79 Å². The molecule has 7 nitrogen and oxygen atoms in total. The van der Waals surface area contributed by atoms with Gasteiger partial charge in [-0.15, -0.1) is 0 Å². The zero-order valence-corrected chi connectivity index (χ0v) is 13.2. The minimum Gasteiger partial charge on any atom is -0.449 e. The standard InChI is InChI=1S/C15H14ClN3O4/c1-8(13(20)19-15(22)17-2)23-14(21)10-3-5-11-9(7-10)4-6-12(16)18-11/h3-8H,1-2H3,(H2,17,19,20,22). The van der Waals surface area contributed by atoms with Gasteiger partial charge in [0.15, 0.2) is 6.10 Å². The second-order valence-electron chi connectivity index (χ2n) is 4.66. The quantitative estimate of drug-likeness (QED) is 0.659. The molecule has 0 aliphatic carbocycles. The van der Waals surface area contributed by atoms with Crippen molar-refractivity contribution in [3.05, 3.63) is 41.0 Å². The molecule has 2 aromatic rings. The molecule has 1 aromatic heterocycles. The number of halogens is 1. The van der Waals surface area contributed by atoms with Gasteiger partial charge in [0, 0.05) is 12.4 Å². The van der Waals surface area contributed by atoms with Crippen molar-refractivity contribution < 1.29 is 19.1 Å². The number of amides is 3. The van der Waals surface area contributed by atoms with Gasteiger partial charge >= 0.3 is 12.0 Å². The van der Waals surface area contributed by atoms with Gasteiger partial charge in [0.05, 0.1) is 11.1 Å². The van der Waals surface area contributed by atoms with Gasteiger partial charge < -0.3 is 10.1 Å². The number of nitrogens with one attached hydrogen (secondary N) is 2. The van der Waals surface area contributed by atoms with E-state index in [-0.39, 0.29) is 5.56 Å². The Morgan fingerprint density at radius 1 is 1.22 bits per heavy atom. The van der Waals surface area contributed by atoms with Gasteiger partial charge in [0.1, 0.15) is 5.15 Å². The second kappa shape index (κ2) is 7.06. The number of ether oxygens (including phenoxy) is 1. The molecule has 1 aromatic carbocycles. The highest BCUT2D eigenvalue weighted by Crippen LogP contribution is 2.18. The molecule has 0 saturated carbocycles.